The smallest absolute Gasteiger partial charge is 0.415 e. The molecule has 4 aromatic rings. The molecule has 0 aliphatic rings. The van der Waals surface area contributed by atoms with Gasteiger partial charge < -0.3 is 13.6 Å². The number of benzene rings is 2. The Labute approximate surface area is 129 Å². The molecule has 0 aliphatic heterocycles. The molecule has 2 heterocycles. The summed E-state index contributed by atoms with van der Waals surface area (Å²) in [5.41, 5.74) is 1.71. The first-order valence-electron chi connectivity index (χ1n) is 6.84. The first kappa shape index (κ1) is 13.4. The Morgan fingerprint density at radius 1 is 1.00 bits per heavy atom. The number of aromatic nitrogens is 3. The second-order valence-electron chi connectivity index (χ2n) is 4.75. The summed E-state index contributed by atoms with van der Waals surface area (Å²) in [7, 11) is 0. The largest absolute Gasteiger partial charge is 0.439 e. The third-order valence-electron chi connectivity index (χ3n) is 3.14. The van der Waals surface area contributed by atoms with Crippen molar-refractivity contribution in [2.45, 2.75) is 6.61 Å². The summed E-state index contributed by atoms with van der Waals surface area (Å²) in [4.78, 5) is 4.13. The maximum absolute atomic E-state index is 13.1. The van der Waals surface area contributed by atoms with Gasteiger partial charge >= 0.3 is 6.08 Å². The van der Waals surface area contributed by atoms with Crippen molar-refractivity contribution in [3.63, 3.8) is 0 Å². The predicted octanol–water partition coefficient (Wildman–Crippen LogP) is 3.60. The van der Waals surface area contributed by atoms with Crippen LogP contribution >= 0.6 is 0 Å². The zero-order chi connectivity index (χ0) is 15.6. The molecule has 7 heteroatoms. The van der Waals surface area contributed by atoms with E-state index in [2.05, 4.69) is 15.2 Å². The zero-order valence-corrected chi connectivity index (χ0v) is 11.8. The molecule has 0 saturated heterocycles. The highest BCUT2D eigenvalue weighted by Gasteiger charge is 2.12. The van der Waals surface area contributed by atoms with Crippen LogP contribution in [0.2, 0.25) is 0 Å². The predicted molar refractivity (Wildman–Crippen MR) is 78.0 cm³/mol. The summed E-state index contributed by atoms with van der Waals surface area (Å²) in [6.07, 6.45) is 0.0114. The fraction of sp³-hybridized carbons (Fsp3) is 0.0625. The van der Waals surface area contributed by atoms with E-state index < -0.39 is 0 Å². The van der Waals surface area contributed by atoms with E-state index in [0.717, 1.165) is 5.56 Å². The molecule has 2 aromatic carbocycles. The fourth-order valence-electron chi connectivity index (χ4n) is 2.10. The average molecular weight is 311 g/mol. The molecule has 0 N–H and O–H groups in total. The summed E-state index contributed by atoms with van der Waals surface area (Å²) in [5, 5.41) is 7.72. The SMILES string of the molecule is Fc1ccc2oc(COc3nnc(-c4ccccc4)o3)nc2c1. The van der Waals surface area contributed by atoms with Crippen molar-refractivity contribution in [3.05, 3.63) is 60.2 Å². The summed E-state index contributed by atoms with van der Waals surface area (Å²) >= 11 is 0. The third-order valence-corrected chi connectivity index (χ3v) is 3.14. The van der Waals surface area contributed by atoms with Crippen molar-refractivity contribution < 1.29 is 18.0 Å². The van der Waals surface area contributed by atoms with Gasteiger partial charge in [-0.15, -0.1) is 5.10 Å². The number of halogens is 1. The van der Waals surface area contributed by atoms with Crippen molar-refractivity contribution in [2.24, 2.45) is 0 Å². The Balaban J connectivity index is 1.49. The first-order valence-corrected chi connectivity index (χ1v) is 6.84. The number of rotatable bonds is 4. The van der Waals surface area contributed by atoms with Gasteiger partial charge in [-0.2, -0.15) is 0 Å². The minimum atomic E-state index is -0.373. The van der Waals surface area contributed by atoms with Gasteiger partial charge in [0.15, 0.2) is 12.2 Å². The van der Waals surface area contributed by atoms with Crippen LogP contribution in [-0.2, 0) is 6.61 Å². The van der Waals surface area contributed by atoms with E-state index in [0.29, 0.717) is 22.9 Å². The minimum Gasteiger partial charge on any atom is -0.439 e. The number of ether oxygens (including phenoxy) is 1. The summed E-state index contributed by atoms with van der Waals surface area (Å²) in [6.45, 7) is 0.00667. The van der Waals surface area contributed by atoms with E-state index in [1.54, 1.807) is 0 Å². The molecule has 0 amide bonds. The van der Waals surface area contributed by atoms with E-state index in [9.17, 15) is 4.39 Å². The lowest BCUT2D eigenvalue weighted by Crippen LogP contribution is -1.95. The molecule has 0 spiro atoms. The van der Waals surface area contributed by atoms with Gasteiger partial charge in [0.2, 0.25) is 5.89 Å². The normalized spacial score (nSPS) is 11.0. The molecule has 0 atom stereocenters. The van der Waals surface area contributed by atoms with Gasteiger partial charge in [0.25, 0.3) is 5.89 Å². The quantitative estimate of drug-likeness (QED) is 0.573. The number of hydrogen-bond acceptors (Lipinski definition) is 6. The lowest BCUT2D eigenvalue weighted by Gasteiger charge is -1.95. The highest BCUT2D eigenvalue weighted by atomic mass is 19.1. The monoisotopic (exact) mass is 311 g/mol. The molecule has 6 nitrogen and oxygen atoms in total. The van der Waals surface area contributed by atoms with Gasteiger partial charge in [-0.05, 0) is 24.3 Å². The van der Waals surface area contributed by atoms with Gasteiger partial charge in [0, 0.05) is 11.6 Å². The fourth-order valence-corrected chi connectivity index (χ4v) is 2.10. The van der Waals surface area contributed by atoms with Gasteiger partial charge in [0.05, 0.1) is 0 Å². The van der Waals surface area contributed by atoms with Crippen molar-refractivity contribution >= 4 is 11.1 Å². The Morgan fingerprint density at radius 3 is 2.74 bits per heavy atom. The van der Waals surface area contributed by atoms with Crippen LogP contribution in [0, 0.1) is 5.82 Å². The van der Waals surface area contributed by atoms with Gasteiger partial charge in [-0.3, -0.25) is 0 Å². The van der Waals surface area contributed by atoms with Crippen molar-refractivity contribution in [1.29, 1.82) is 0 Å². The molecule has 23 heavy (non-hydrogen) atoms. The standard InChI is InChI=1S/C16H10FN3O3/c17-11-6-7-13-12(8-11)18-14(22-13)9-21-16-20-19-15(23-16)10-4-2-1-3-5-10/h1-8H,9H2. The molecule has 0 bridgehead atoms. The molecule has 4 rings (SSSR count). The molecule has 0 unspecified atom stereocenters. The number of nitrogens with zero attached hydrogens (tertiary/aromatic N) is 3. The summed E-state index contributed by atoms with van der Waals surface area (Å²) in [6, 6.07) is 13.5. The molecular formula is C16H10FN3O3. The van der Waals surface area contributed by atoms with Crippen LogP contribution in [0.4, 0.5) is 4.39 Å². The number of fused-ring (bicyclic) bond motifs is 1. The lowest BCUT2D eigenvalue weighted by atomic mass is 10.2. The third kappa shape index (κ3) is 2.76. The second kappa shape index (κ2) is 5.53. The number of hydrogen-bond donors (Lipinski definition) is 0. The highest BCUT2D eigenvalue weighted by Crippen LogP contribution is 2.22. The lowest BCUT2D eigenvalue weighted by molar-refractivity contribution is 0.199. The van der Waals surface area contributed by atoms with Gasteiger partial charge in [-0.1, -0.05) is 23.3 Å². The molecule has 0 radical (unpaired) electrons. The topological polar surface area (TPSA) is 74.2 Å². The molecule has 114 valence electrons. The van der Waals surface area contributed by atoms with E-state index >= 15 is 0 Å². The zero-order valence-electron chi connectivity index (χ0n) is 11.8. The highest BCUT2D eigenvalue weighted by molar-refractivity contribution is 5.72. The van der Waals surface area contributed by atoms with E-state index in [-0.39, 0.29) is 18.5 Å². The average Bonchev–Trinajstić information content (AvgIpc) is 3.20. The van der Waals surface area contributed by atoms with Crippen LogP contribution in [0.5, 0.6) is 6.08 Å². The number of oxazole rings is 1. The Hall–Kier alpha value is -3.22. The Bertz CT molecular complexity index is 950. The van der Waals surface area contributed by atoms with Crippen LogP contribution in [0.25, 0.3) is 22.6 Å². The van der Waals surface area contributed by atoms with Crippen LogP contribution in [0.3, 0.4) is 0 Å². The van der Waals surface area contributed by atoms with Crippen LogP contribution < -0.4 is 4.74 Å². The van der Waals surface area contributed by atoms with Crippen molar-refractivity contribution in [1.82, 2.24) is 15.2 Å². The van der Waals surface area contributed by atoms with Gasteiger partial charge in [0.1, 0.15) is 11.3 Å². The van der Waals surface area contributed by atoms with E-state index in [1.807, 2.05) is 30.3 Å². The van der Waals surface area contributed by atoms with E-state index in [4.69, 9.17) is 13.6 Å². The molecule has 0 saturated carbocycles. The minimum absolute atomic E-state index is 0.00667. The van der Waals surface area contributed by atoms with E-state index in [1.165, 1.54) is 18.2 Å². The maximum atomic E-state index is 13.1. The molecule has 2 aromatic heterocycles. The second-order valence-corrected chi connectivity index (χ2v) is 4.75. The Kier molecular flexibility index (Phi) is 3.23. The maximum Gasteiger partial charge on any atom is 0.415 e. The molecule has 0 fully saturated rings. The van der Waals surface area contributed by atoms with Gasteiger partial charge in [-0.25, -0.2) is 9.37 Å². The van der Waals surface area contributed by atoms with Crippen molar-refractivity contribution in [2.75, 3.05) is 0 Å². The molecule has 0 aliphatic carbocycles. The Morgan fingerprint density at radius 2 is 1.87 bits per heavy atom. The van der Waals surface area contributed by atoms with Crippen LogP contribution in [0.15, 0.2) is 57.4 Å². The van der Waals surface area contributed by atoms with Crippen LogP contribution in [0.1, 0.15) is 5.89 Å². The summed E-state index contributed by atoms with van der Waals surface area (Å²) < 4.78 is 29.3. The first-order chi connectivity index (χ1) is 11.3. The van der Waals surface area contributed by atoms with Crippen molar-refractivity contribution in [3.8, 4) is 17.5 Å². The molecular weight excluding hydrogens is 301 g/mol. The van der Waals surface area contributed by atoms with Crippen LogP contribution in [-0.4, -0.2) is 15.2 Å². The summed E-state index contributed by atoms with van der Waals surface area (Å²) in [5.74, 6) is 0.285.